The highest BCUT2D eigenvalue weighted by molar-refractivity contribution is 5.77. The van der Waals surface area contributed by atoms with Crippen molar-refractivity contribution in [3.63, 3.8) is 0 Å². The Morgan fingerprint density at radius 2 is 1.58 bits per heavy atom. The fourth-order valence-electron chi connectivity index (χ4n) is 12.5. The second-order valence-electron chi connectivity index (χ2n) is 15.4. The van der Waals surface area contributed by atoms with Crippen LogP contribution in [0.1, 0.15) is 110 Å². The number of carbonyl (C=O) groups is 2. The average molecular weight is 495 g/mol. The Labute approximate surface area is 219 Å². The van der Waals surface area contributed by atoms with E-state index in [2.05, 4.69) is 31.1 Å². The van der Waals surface area contributed by atoms with Crippen LogP contribution in [0.25, 0.3) is 0 Å². The zero-order valence-electron chi connectivity index (χ0n) is 23.1. The second-order valence-corrected chi connectivity index (χ2v) is 15.4. The number of nitrogens with zero attached hydrogens (tertiary/aromatic N) is 1. The highest BCUT2D eigenvalue weighted by Crippen LogP contribution is 2.66. The Kier molecular flexibility index (Phi) is 5.65. The number of hydrogen-bond donors (Lipinski definition) is 1. The second kappa shape index (κ2) is 8.47. The predicted molar refractivity (Wildman–Crippen MR) is 142 cm³/mol. The van der Waals surface area contributed by atoms with Gasteiger partial charge in [-0.25, -0.2) is 0 Å². The summed E-state index contributed by atoms with van der Waals surface area (Å²) in [6, 6.07) is 0.944. The number of carbonyl (C=O) groups excluding carboxylic acids is 2. The largest absolute Gasteiger partial charge is 0.353 e. The van der Waals surface area contributed by atoms with E-state index in [1.165, 1.54) is 70.6 Å². The molecule has 7 aliphatic carbocycles. The minimum absolute atomic E-state index is 0.309. The summed E-state index contributed by atoms with van der Waals surface area (Å²) in [5.74, 6) is 7.38. The molecule has 0 unspecified atom stereocenters. The Bertz CT molecular complexity index is 888. The Morgan fingerprint density at radius 3 is 2.31 bits per heavy atom. The van der Waals surface area contributed by atoms with E-state index >= 15 is 0 Å². The molecule has 0 spiro atoms. The van der Waals surface area contributed by atoms with E-state index in [1.54, 1.807) is 0 Å². The number of rotatable bonds is 4. The van der Waals surface area contributed by atoms with Crippen molar-refractivity contribution < 1.29 is 9.59 Å². The van der Waals surface area contributed by atoms with Gasteiger partial charge in [-0.1, -0.05) is 13.8 Å². The molecule has 8 fully saturated rings. The first kappa shape index (κ1) is 24.0. The third-order valence-corrected chi connectivity index (χ3v) is 14.0. The van der Waals surface area contributed by atoms with Crippen molar-refractivity contribution >= 4 is 11.8 Å². The summed E-state index contributed by atoms with van der Waals surface area (Å²) in [5.41, 5.74) is 0.729. The molecule has 7 atom stereocenters. The summed E-state index contributed by atoms with van der Waals surface area (Å²) in [4.78, 5) is 27.8. The van der Waals surface area contributed by atoms with Gasteiger partial charge < -0.3 is 10.2 Å². The van der Waals surface area contributed by atoms with Gasteiger partial charge in [0.2, 0.25) is 11.8 Å². The van der Waals surface area contributed by atoms with Crippen LogP contribution in [0.2, 0.25) is 0 Å². The van der Waals surface area contributed by atoms with E-state index in [9.17, 15) is 9.59 Å². The number of hydrogen-bond acceptors (Lipinski definition) is 2. The van der Waals surface area contributed by atoms with Crippen LogP contribution < -0.4 is 5.32 Å². The predicted octanol–water partition coefficient (Wildman–Crippen LogP) is 6.19. The fourth-order valence-corrected chi connectivity index (χ4v) is 12.5. The van der Waals surface area contributed by atoms with Crippen molar-refractivity contribution in [2.75, 3.05) is 7.05 Å². The molecule has 0 aromatic rings. The van der Waals surface area contributed by atoms with Gasteiger partial charge in [0, 0.05) is 32.0 Å². The molecule has 200 valence electrons. The standard InChI is InChI=1S/C32H50N2O2/c1-31-12-10-26-24(6-8-27-32(26,2)13-11-29(36)34(27)3)25(31)7-4-23(31)5-9-28(35)33-30-21-15-19-14-20(17-21)18-22(30)16-19/h19-27,30H,4-18H2,1-3H3,(H,33,35)/t19?,20?,21?,22?,23-,24+,25+,26+,27-,30?,31-,32-/m1/s1. The van der Waals surface area contributed by atoms with Crippen molar-refractivity contribution in [2.24, 2.45) is 58.2 Å². The minimum Gasteiger partial charge on any atom is -0.353 e. The number of piperidine rings is 1. The molecule has 4 bridgehead atoms. The van der Waals surface area contributed by atoms with Crippen molar-refractivity contribution in [1.29, 1.82) is 0 Å². The van der Waals surface area contributed by atoms with Gasteiger partial charge in [-0.05, 0) is 142 Å². The molecule has 4 nitrogen and oxygen atoms in total. The van der Waals surface area contributed by atoms with E-state index in [4.69, 9.17) is 0 Å². The van der Waals surface area contributed by atoms with Crippen LogP contribution in [0.4, 0.5) is 0 Å². The number of likely N-dealkylation sites (tertiary alicyclic amines) is 1. The summed E-state index contributed by atoms with van der Waals surface area (Å²) in [5, 5.41) is 3.59. The third-order valence-electron chi connectivity index (χ3n) is 14.0. The van der Waals surface area contributed by atoms with Crippen LogP contribution in [-0.4, -0.2) is 35.8 Å². The van der Waals surface area contributed by atoms with Gasteiger partial charge in [-0.2, -0.15) is 0 Å². The van der Waals surface area contributed by atoms with Crippen molar-refractivity contribution in [2.45, 2.75) is 122 Å². The van der Waals surface area contributed by atoms with Gasteiger partial charge in [0.25, 0.3) is 0 Å². The molecular weight excluding hydrogens is 444 g/mol. The number of nitrogens with one attached hydrogen (secondary N) is 1. The van der Waals surface area contributed by atoms with Gasteiger partial charge in [0.15, 0.2) is 0 Å². The normalized spacial score (nSPS) is 53.1. The molecule has 36 heavy (non-hydrogen) atoms. The molecule has 0 aromatic carbocycles. The molecule has 1 saturated heterocycles. The monoisotopic (exact) mass is 494 g/mol. The lowest BCUT2D eigenvalue weighted by Crippen LogP contribution is -2.61. The topological polar surface area (TPSA) is 49.4 Å². The van der Waals surface area contributed by atoms with Crippen LogP contribution in [-0.2, 0) is 9.59 Å². The molecule has 8 aliphatic rings. The quantitative estimate of drug-likeness (QED) is 0.507. The van der Waals surface area contributed by atoms with Crippen molar-refractivity contribution in [3.8, 4) is 0 Å². The van der Waals surface area contributed by atoms with Gasteiger partial charge in [-0.3, -0.25) is 9.59 Å². The molecule has 2 amide bonds. The molecule has 0 radical (unpaired) electrons. The highest BCUT2D eigenvalue weighted by atomic mass is 16.2. The SMILES string of the molecule is CN1C(=O)CC[C@]2(C)[C@H]3CC[C@]4(C)[C@@H](CCC(=O)NC5C6CC7CC(C6)CC5C7)CC[C@H]4[C@@H]3CC[C@@H]12. The summed E-state index contributed by atoms with van der Waals surface area (Å²) >= 11 is 0. The minimum atomic E-state index is 0.309. The molecule has 1 heterocycles. The van der Waals surface area contributed by atoms with Gasteiger partial charge in [0.05, 0.1) is 0 Å². The zero-order valence-corrected chi connectivity index (χ0v) is 23.1. The Morgan fingerprint density at radius 1 is 0.889 bits per heavy atom. The Balaban J connectivity index is 0.985. The maximum Gasteiger partial charge on any atom is 0.222 e. The van der Waals surface area contributed by atoms with E-state index in [-0.39, 0.29) is 0 Å². The summed E-state index contributed by atoms with van der Waals surface area (Å²) in [7, 11) is 2.07. The summed E-state index contributed by atoms with van der Waals surface area (Å²) < 4.78 is 0. The molecule has 8 rings (SSSR count). The number of amides is 2. The fraction of sp³-hybridized carbons (Fsp3) is 0.938. The van der Waals surface area contributed by atoms with Gasteiger partial charge in [-0.15, -0.1) is 0 Å². The van der Waals surface area contributed by atoms with E-state index in [0.29, 0.717) is 40.6 Å². The van der Waals surface area contributed by atoms with Gasteiger partial charge >= 0.3 is 0 Å². The molecule has 1 aliphatic heterocycles. The molecular formula is C32H50N2O2. The maximum atomic E-state index is 13.2. The van der Waals surface area contributed by atoms with E-state index in [0.717, 1.165) is 67.1 Å². The molecule has 7 saturated carbocycles. The lowest BCUT2D eigenvalue weighted by molar-refractivity contribution is -0.158. The molecule has 1 N–H and O–H groups in total. The van der Waals surface area contributed by atoms with Crippen molar-refractivity contribution in [3.05, 3.63) is 0 Å². The van der Waals surface area contributed by atoms with E-state index in [1.807, 2.05) is 0 Å². The maximum absolute atomic E-state index is 13.2. The first-order valence-electron chi connectivity index (χ1n) is 15.8. The highest BCUT2D eigenvalue weighted by Gasteiger charge is 2.61. The van der Waals surface area contributed by atoms with Crippen LogP contribution in [0.15, 0.2) is 0 Å². The van der Waals surface area contributed by atoms with E-state index < -0.39 is 0 Å². The van der Waals surface area contributed by atoms with Crippen LogP contribution >= 0.6 is 0 Å². The lowest BCUT2D eigenvalue weighted by Gasteiger charge is -2.62. The lowest BCUT2D eigenvalue weighted by atomic mass is 9.46. The zero-order chi connectivity index (χ0) is 24.8. The van der Waals surface area contributed by atoms with Crippen LogP contribution in [0, 0.1) is 58.2 Å². The number of fused-ring (bicyclic) bond motifs is 5. The smallest absolute Gasteiger partial charge is 0.222 e. The summed E-state index contributed by atoms with van der Waals surface area (Å²) in [6.45, 7) is 5.13. The molecule has 0 aromatic heterocycles. The third kappa shape index (κ3) is 3.50. The Hall–Kier alpha value is -1.06. The first-order valence-corrected chi connectivity index (χ1v) is 15.8. The van der Waals surface area contributed by atoms with Crippen LogP contribution in [0.3, 0.4) is 0 Å². The average Bonchev–Trinajstić information content (AvgIpc) is 3.18. The van der Waals surface area contributed by atoms with Gasteiger partial charge in [0.1, 0.15) is 0 Å². The van der Waals surface area contributed by atoms with Crippen LogP contribution in [0.5, 0.6) is 0 Å². The molecule has 4 heteroatoms. The first-order chi connectivity index (χ1) is 17.3. The van der Waals surface area contributed by atoms with Crippen molar-refractivity contribution in [1.82, 2.24) is 10.2 Å². The summed E-state index contributed by atoms with van der Waals surface area (Å²) in [6.07, 6.45) is 18.6.